The van der Waals surface area contributed by atoms with E-state index in [9.17, 15) is 10.1 Å². The van der Waals surface area contributed by atoms with E-state index < -0.39 is 4.92 Å². The molecule has 84 valence electrons. The van der Waals surface area contributed by atoms with Gasteiger partial charge in [-0.3, -0.25) is 10.1 Å². The average molecular weight is 237 g/mol. The molecule has 0 fully saturated rings. The topological polar surface area (TPSA) is 52.4 Å². The Kier molecular flexibility index (Phi) is 4.67. The van der Waals surface area contributed by atoms with Crippen LogP contribution in [-0.2, 0) is 0 Å². The van der Waals surface area contributed by atoms with Crippen molar-refractivity contribution in [3.8, 4) is 17.6 Å². The third-order valence-electron chi connectivity index (χ3n) is 1.85. The molecule has 16 heavy (non-hydrogen) atoms. The predicted molar refractivity (Wildman–Crippen MR) is 65.0 cm³/mol. The smallest absolute Gasteiger partial charge is 0.270 e. The summed E-state index contributed by atoms with van der Waals surface area (Å²) in [5.41, 5.74) is 0.537. The first-order valence-corrected chi connectivity index (χ1v) is 5.24. The Morgan fingerprint density at radius 2 is 2.31 bits per heavy atom. The zero-order valence-electron chi connectivity index (χ0n) is 8.77. The molecule has 0 heterocycles. The molecule has 0 amide bonds. The van der Waals surface area contributed by atoms with E-state index in [1.54, 1.807) is 6.07 Å². The van der Waals surface area contributed by atoms with Crippen LogP contribution in [-0.4, -0.2) is 17.8 Å². The summed E-state index contributed by atoms with van der Waals surface area (Å²) < 4.78 is 5.07. The Hall–Kier alpha value is -1.67. The van der Waals surface area contributed by atoms with Crippen molar-refractivity contribution < 1.29 is 9.66 Å². The van der Waals surface area contributed by atoms with Crippen LogP contribution in [0.1, 0.15) is 12.0 Å². The maximum Gasteiger partial charge on any atom is 0.270 e. The maximum atomic E-state index is 10.6. The normalized spacial score (nSPS) is 9.12. The van der Waals surface area contributed by atoms with E-state index in [0.717, 1.165) is 0 Å². The number of hydrogen-bond acceptors (Lipinski definition) is 4. The SMILES string of the molecule is COc1ccc([N+](=O)[O-])cc1C#CCCS. The second-order valence-corrected chi connectivity index (χ2v) is 3.36. The Labute approximate surface area is 99.2 Å². The van der Waals surface area contributed by atoms with Crippen LogP contribution in [0.4, 0.5) is 5.69 Å². The molecule has 0 atom stereocenters. The number of rotatable bonds is 3. The summed E-state index contributed by atoms with van der Waals surface area (Å²) in [5.74, 6) is 6.89. The van der Waals surface area contributed by atoms with Crippen LogP contribution in [0.5, 0.6) is 5.75 Å². The molecule has 1 rings (SSSR count). The molecule has 0 radical (unpaired) electrons. The summed E-state index contributed by atoms with van der Waals surface area (Å²) in [6, 6.07) is 4.34. The van der Waals surface area contributed by atoms with Crippen molar-refractivity contribution in [2.45, 2.75) is 6.42 Å². The van der Waals surface area contributed by atoms with Gasteiger partial charge < -0.3 is 4.74 Å². The van der Waals surface area contributed by atoms with Gasteiger partial charge in [0.1, 0.15) is 5.75 Å². The highest BCUT2D eigenvalue weighted by Crippen LogP contribution is 2.22. The molecule has 0 aliphatic heterocycles. The third-order valence-corrected chi connectivity index (χ3v) is 2.08. The number of hydrogen-bond donors (Lipinski definition) is 1. The van der Waals surface area contributed by atoms with Gasteiger partial charge >= 0.3 is 0 Å². The lowest BCUT2D eigenvalue weighted by Gasteiger charge is -2.02. The van der Waals surface area contributed by atoms with Gasteiger partial charge in [0.25, 0.3) is 5.69 Å². The van der Waals surface area contributed by atoms with Crippen LogP contribution in [0.2, 0.25) is 0 Å². The molecule has 4 nitrogen and oxygen atoms in total. The van der Waals surface area contributed by atoms with E-state index in [1.165, 1.54) is 19.2 Å². The van der Waals surface area contributed by atoms with Gasteiger partial charge in [-0.2, -0.15) is 12.6 Å². The molecule has 1 aromatic carbocycles. The zero-order chi connectivity index (χ0) is 12.0. The van der Waals surface area contributed by atoms with Gasteiger partial charge in [-0.05, 0) is 6.07 Å². The largest absolute Gasteiger partial charge is 0.495 e. The second kappa shape index (κ2) is 6.03. The minimum absolute atomic E-state index is 0.0102. The molecule has 0 aliphatic carbocycles. The van der Waals surface area contributed by atoms with Crippen LogP contribution in [0.3, 0.4) is 0 Å². The van der Waals surface area contributed by atoms with Gasteiger partial charge in [0.15, 0.2) is 0 Å². The van der Waals surface area contributed by atoms with Crippen LogP contribution in [0.15, 0.2) is 18.2 Å². The summed E-state index contributed by atoms with van der Waals surface area (Å²) in [4.78, 5) is 10.1. The van der Waals surface area contributed by atoms with Crippen molar-refractivity contribution in [2.75, 3.05) is 12.9 Å². The molecule has 0 saturated carbocycles. The zero-order valence-corrected chi connectivity index (χ0v) is 9.66. The summed E-state index contributed by atoms with van der Waals surface area (Å²) in [7, 11) is 1.50. The number of thiol groups is 1. The van der Waals surface area contributed by atoms with Crippen molar-refractivity contribution in [1.29, 1.82) is 0 Å². The predicted octanol–water partition coefficient (Wildman–Crippen LogP) is 2.27. The van der Waals surface area contributed by atoms with Crippen LogP contribution in [0.25, 0.3) is 0 Å². The highest BCUT2D eigenvalue weighted by molar-refractivity contribution is 7.80. The van der Waals surface area contributed by atoms with E-state index in [0.29, 0.717) is 23.5 Å². The summed E-state index contributed by atoms with van der Waals surface area (Å²) in [5, 5.41) is 10.6. The number of nitro benzene ring substituents is 1. The first kappa shape index (κ1) is 12.4. The highest BCUT2D eigenvalue weighted by Gasteiger charge is 2.09. The fourth-order valence-corrected chi connectivity index (χ4v) is 1.23. The Morgan fingerprint density at radius 3 is 2.88 bits per heavy atom. The van der Waals surface area contributed by atoms with Gasteiger partial charge in [-0.15, -0.1) is 0 Å². The number of non-ortho nitro benzene ring substituents is 1. The molecular weight excluding hydrogens is 226 g/mol. The lowest BCUT2D eigenvalue weighted by molar-refractivity contribution is -0.384. The standard InChI is InChI=1S/C11H11NO3S/c1-15-11-6-5-10(12(13)14)8-9(11)4-2-3-7-16/h5-6,8,16H,3,7H2,1H3. The van der Waals surface area contributed by atoms with E-state index in [4.69, 9.17) is 4.74 Å². The first-order chi connectivity index (χ1) is 7.69. The Morgan fingerprint density at radius 1 is 1.56 bits per heavy atom. The van der Waals surface area contributed by atoms with Gasteiger partial charge in [-0.25, -0.2) is 0 Å². The fraction of sp³-hybridized carbons (Fsp3) is 0.273. The van der Waals surface area contributed by atoms with E-state index in [2.05, 4.69) is 24.5 Å². The number of nitrogens with zero attached hydrogens (tertiary/aromatic N) is 1. The molecule has 0 saturated heterocycles. The van der Waals surface area contributed by atoms with Crippen LogP contribution >= 0.6 is 12.6 Å². The van der Waals surface area contributed by atoms with Crippen molar-refractivity contribution >= 4 is 18.3 Å². The number of methoxy groups -OCH3 is 1. The monoisotopic (exact) mass is 237 g/mol. The molecule has 0 N–H and O–H groups in total. The van der Waals surface area contributed by atoms with Crippen LogP contribution < -0.4 is 4.74 Å². The van der Waals surface area contributed by atoms with Gasteiger partial charge in [0.05, 0.1) is 17.6 Å². The molecule has 5 heteroatoms. The molecular formula is C11H11NO3S. The molecule has 0 aliphatic rings. The van der Waals surface area contributed by atoms with Crippen LogP contribution in [0, 0.1) is 22.0 Å². The Bertz CT molecular complexity index is 448. The molecule has 0 bridgehead atoms. The molecule has 0 spiro atoms. The number of benzene rings is 1. The number of nitro groups is 1. The quantitative estimate of drug-likeness (QED) is 0.380. The highest BCUT2D eigenvalue weighted by atomic mass is 32.1. The van der Waals surface area contributed by atoms with Gasteiger partial charge in [0, 0.05) is 24.3 Å². The van der Waals surface area contributed by atoms with E-state index in [-0.39, 0.29) is 5.69 Å². The van der Waals surface area contributed by atoms with Crippen molar-refractivity contribution in [2.24, 2.45) is 0 Å². The first-order valence-electron chi connectivity index (χ1n) is 4.61. The van der Waals surface area contributed by atoms with Crippen molar-refractivity contribution in [3.05, 3.63) is 33.9 Å². The minimum Gasteiger partial charge on any atom is -0.495 e. The second-order valence-electron chi connectivity index (χ2n) is 2.92. The van der Waals surface area contributed by atoms with Gasteiger partial charge in [0.2, 0.25) is 0 Å². The molecule has 0 aromatic heterocycles. The van der Waals surface area contributed by atoms with Gasteiger partial charge in [-0.1, -0.05) is 11.8 Å². The lowest BCUT2D eigenvalue weighted by atomic mass is 10.2. The molecule has 1 aromatic rings. The van der Waals surface area contributed by atoms with Crippen molar-refractivity contribution in [1.82, 2.24) is 0 Å². The number of ether oxygens (including phenoxy) is 1. The summed E-state index contributed by atoms with van der Waals surface area (Å²) in [6.45, 7) is 0. The fourth-order valence-electron chi connectivity index (χ4n) is 1.12. The average Bonchev–Trinajstić information content (AvgIpc) is 2.29. The van der Waals surface area contributed by atoms with Crippen molar-refractivity contribution in [3.63, 3.8) is 0 Å². The van der Waals surface area contributed by atoms with E-state index >= 15 is 0 Å². The maximum absolute atomic E-state index is 10.6. The third kappa shape index (κ3) is 3.17. The van der Waals surface area contributed by atoms with E-state index in [1.807, 2.05) is 0 Å². The molecule has 0 unspecified atom stereocenters. The Balaban J connectivity index is 3.08. The lowest BCUT2D eigenvalue weighted by Crippen LogP contribution is -1.92. The summed E-state index contributed by atoms with van der Waals surface area (Å²) >= 11 is 4.03. The minimum atomic E-state index is -0.455. The summed E-state index contributed by atoms with van der Waals surface area (Å²) in [6.07, 6.45) is 0.634.